The summed E-state index contributed by atoms with van der Waals surface area (Å²) in [6.07, 6.45) is 0. The van der Waals surface area contributed by atoms with Crippen LogP contribution in [-0.4, -0.2) is 22.6 Å². The lowest BCUT2D eigenvalue weighted by Crippen LogP contribution is -2.26. The fourth-order valence-corrected chi connectivity index (χ4v) is 4.42. The van der Waals surface area contributed by atoms with Crippen molar-refractivity contribution in [3.63, 3.8) is 0 Å². The van der Waals surface area contributed by atoms with Gasteiger partial charge in [-0.05, 0) is 23.3 Å². The predicted molar refractivity (Wildman–Crippen MR) is 82.7 cm³/mol. The Hall–Kier alpha value is -1.72. The molecule has 0 amide bonds. The molecule has 4 nitrogen and oxygen atoms in total. The third kappa shape index (κ3) is 2.08. The number of alkyl halides is 1. The van der Waals surface area contributed by atoms with Gasteiger partial charge in [-0.2, -0.15) is 0 Å². The standard InChI is InChI=1S/C15H14ClNO3S/c1-17-13-6-4-3-5-11(13)15(16)12-8-7-10(20-2)9-14(12)21(17,18)19/h3-9,15H,1-2H3. The fourth-order valence-electron chi connectivity index (χ4n) is 2.51. The van der Waals surface area contributed by atoms with Crippen molar-refractivity contribution >= 4 is 27.3 Å². The van der Waals surface area contributed by atoms with Gasteiger partial charge in [-0.3, -0.25) is 4.31 Å². The molecule has 1 aliphatic heterocycles. The van der Waals surface area contributed by atoms with Gasteiger partial charge in [-0.1, -0.05) is 24.3 Å². The summed E-state index contributed by atoms with van der Waals surface area (Å²) in [6, 6.07) is 12.2. The largest absolute Gasteiger partial charge is 0.497 e. The smallest absolute Gasteiger partial charge is 0.264 e. The minimum atomic E-state index is -3.67. The Morgan fingerprint density at radius 1 is 1.14 bits per heavy atom. The molecule has 2 aromatic carbocycles. The van der Waals surface area contributed by atoms with Crippen molar-refractivity contribution in [2.75, 3.05) is 18.5 Å². The number of anilines is 1. The zero-order chi connectivity index (χ0) is 15.2. The Morgan fingerprint density at radius 3 is 2.57 bits per heavy atom. The van der Waals surface area contributed by atoms with E-state index in [4.69, 9.17) is 16.3 Å². The summed E-state index contributed by atoms with van der Waals surface area (Å²) in [5.74, 6) is 0.487. The number of hydrogen-bond donors (Lipinski definition) is 0. The number of benzene rings is 2. The van der Waals surface area contributed by atoms with E-state index in [1.165, 1.54) is 24.5 Å². The van der Waals surface area contributed by atoms with Crippen LogP contribution in [0.15, 0.2) is 47.4 Å². The molecule has 0 radical (unpaired) electrons. The third-order valence-corrected chi connectivity index (χ3v) is 5.98. The molecule has 3 rings (SSSR count). The normalized spacial score (nSPS) is 19.4. The zero-order valence-electron chi connectivity index (χ0n) is 11.6. The molecule has 0 saturated carbocycles. The summed E-state index contributed by atoms with van der Waals surface area (Å²) in [5, 5.41) is -0.526. The molecule has 6 heteroatoms. The number of rotatable bonds is 1. The maximum absolute atomic E-state index is 12.8. The van der Waals surface area contributed by atoms with Crippen molar-refractivity contribution < 1.29 is 13.2 Å². The second-order valence-electron chi connectivity index (χ2n) is 4.80. The lowest BCUT2D eigenvalue weighted by Gasteiger charge is -2.19. The molecule has 0 saturated heterocycles. The second kappa shape index (κ2) is 4.93. The summed E-state index contributed by atoms with van der Waals surface area (Å²) in [7, 11) is -0.631. The van der Waals surface area contributed by atoms with Crippen LogP contribution < -0.4 is 9.04 Å². The van der Waals surface area contributed by atoms with Crippen LogP contribution in [0.5, 0.6) is 5.75 Å². The van der Waals surface area contributed by atoms with E-state index in [1.807, 2.05) is 12.1 Å². The Morgan fingerprint density at radius 2 is 1.86 bits per heavy atom. The lowest BCUT2D eigenvalue weighted by atomic mass is 10.0. The van der Waals surface area contributed by atoms with E-state index in [1.54, 1.807) is 24.3 Å². The molecule has 0 bridgehead atoms. The Kier molecular flexibility index (Phi) is 3.34. The van der Waals surface area contributed by atoms with E-state index in [9.17, 15) is 8.42 Å². The minimum Gasteiger partial charge on any atom is -0.497 e. The van der Waals surface area contributed by atoms with Crippen LogP contribution in [0.1, 0.15) is 16.5 Å². The summed E-state index contributed by atoms with van der Waals surface area (Å²) >= 11 is 6.54. The zero-order valence-corrected chi connectivity index (χ0v) is 13.1. The van der Waals surface area contributed by atoms with Crippen LogP contribution in [0, 0.1) is 0 Å². The number of para-hydroxylation sites is 1. The van der Waals surface area contributed by atoms with Crippen LogP contribution in [0.3, 0.4) is 0 Å². The topological polar surface area (TPSA) is 46.6 Å². The second-order valence-corrected chi connectivity index (χ2v) is 7.17. The number of methoxy groups -OCH3 is 1. The first-order chi connectivity index (χ1) is 9.96. The van der Waals surface area contributed by atoms with Gasteiger partial charge in [-0.25, -0.2) is 8.42 Å². The number of nitrogens with zero attached hydrogens (tertiary/aromatic N) is 1. The van der Waals surface area contributed by atoms with Crippen LogP contribution in [0.4, 0.5) is 5.69 Å². The first-order valence-electron chi connectivity index (χ1n) is 6.36. The van der Waals surface area contributed by atoms with Crippen molar-refractivity contribution in [1.29, 1.82) is 0 Å². The van der Waals surface area contributed by atoms with E-state index in [-0.39, 0.29) is 4.90 Å². The average Bonchev–Trinajstić information content (AvgIpc) is 2.57. The molecule has 0 N–H and O–H groups in total. The fraction of sp³-hybridized carbons (Fsp3) is 0.200. The first-order valence-corrected chi connectivity index (χ1v) is 8.24. The van der Waals surface area contributed by atoms with E-state index in [0.29, 0.717) is 17.0 Å². The van der Waals surface area contributed by atoms with E-state index >= 15 is 0 Å². The molecule has 1 aliphatic rings. The summed E-state index contributed by atoms with van der Waals surface area (Å²) in [6.45, 7) is 0. The van der Waals surface area contributed by atoms with Crippen molar-refractivity contribution in [2.45, 2.75) is 10.3 Å². The number of hydrogen-bond acceptors (Lipinski definition) is 3. The number of halogens is 1. The van der Waals surface area contributed by atoms with Gasteiger partial charge < -0.3 is 4.74 Å². The monoisotopic (exact) mass is 323 g/mol. The number of ether oxygens (including phenoxy) is 1. The highest BCUT2D eigenvalue weighted by molar-refractivity contribution is 7.92. The van der Waals surface area contributed by atoms with Gasteiger partial charge in [0.25, 0.3) is 10.0 Å². The van der Waals surface area contributed by atoms with Gasteiger partial charge in [0.15, 0.2) is 0 Å². The molecule has 1 unspecified atom stereocenters. The molecule has 2 aromatic rings. The van der Waals surface area contributed by atoms with Gasteiger partial charge in [0.1, 0.15) is 5.75 Å². The van der Waals surface area contributed by atoms with Gasteiger partial charge in [0, 0.05) is 13.1 Å². The third-order valence-electron chi connectivity index (χ3n) is 3.68. The lowest BCUT2D eigenvalue weighted by molar-refractivity contribution is 0.413. The van der Waals surface area contributed by atoms with Gasteiger partial charge in [0.05, 0.1) is 23.1 Å². The molecule has 0 spiro atoms. The van der Waals surface area contributed by atoms with Gasteiger partial charge in [-0.15, -0.1) is 11.6 Å². The summed E-state index contributed by atoms with van der Waals surface area (Å²) in [5.41, 5.74) is 1.93. The van der Waals surface area contributed by atoms with E-state index in [0.717, 1.165) is 5.56 Å². The average molecular weight is 324 g/mol. The minimum absolute atomic E-state index is 0.181. The number of sulfonamides is 1. The van der Waals surface area contributed by atoms with Crippen LogP contribution in [-0.2, 0) is 10.0 Å². The van der Waals surface area contributed by atoms with Crippen LogP contribution in [0.25, 0.3) is 0 Å². The van der Waals surface area contributed by atoms with Crippen molar-refractivity contribution in [1.82, 2.24) is 0 Å². The van der Waals surface area contributed by atoms with Gasteiger partial charge in [0.2, 0.25) is 0 Å². The Labute approximate surface area is 129 Å². The van der Waals surface area contributed by atoms with Crippen LogP contribution >= 0.6 is 11.6 Å². The van der Waals surface area contributed by atoms with Gasteiger partial charge >= 0.3 is 0 Å². The quantitative estimate of drug-likeness (QED) is 0.757. The number of fused-ring (bicyclic) bond motifs is 2. The summed E-state index contributed by atoms with van der Waals surface area (Å²) < 4.78 is 32.0. The van der Waals surface area contributed by atoms with Crippen LogP contribution in [0.2, 0.25) is 0 Å². The molecule has 1 heterocycles. The molecular formula is C15H14ClNO3S. The van der Waals surface area contributed by atoms with Crippen molar-refractivity contribution in [3.8, 4) is 5.75 Å². The van der Waals surface area contributed by atoms with Crippen molar-refractivity contribution in [2.24, 2.45) is 0 Å². The molecule has 110 valence electrons. The molecular weight excluding hydrogens is 310 g/mol. The maximum atomic E-state index is 12.8. The summed E-state index contributed by atoms with van der Waals surface area (Å²) in [4.78, 5) is 0.181. The molecule has 0 aromatic heterocycles. The molecule has 21 heavy (non-hydrogen) atoms. The molecule has 0 aliphatic carbocycles. The Bertz CT molecular complexity index is 804. The Balaban J connectivity index is 2.36. The highest BCUT2D eigenvalue weighted by Gasteiger charge is 2.34. The molecule has 1 atom stereocenters. The SMILES string of the molecule is COc1ccc2c(c1)S(=O)(=O)N(C)c1ccccc1C2Cl. The highest BCUT2D eigenvalue weighted by atomic mass is 35.5. The first kappa shape index (κ1) is 14.2. The van der Waals surface area contributed by atoms with E-state index < -0.39 is 15.4 Å². The highest BCUT2D eigenvalue weighted by Crippen LogP contribution is 2.43. The predicted octanol–water partition coefficient (Wildman–Crippen LogP) is 3.16. The molecule has 0 fully saturated rings. The maximum Gasteiger partial charge on any atom is 0.264 e. The van der Waals surface area contributed by atoms with Crippen molar-refractivity contribution in [3.05, 3.63) is 53.6 Å². The van der Waals surface area contributed by atoms with E-state index in [2.05, 4.69) is 0 Å².